The predicted molar refractivity (Wildman–Crippen MR) is 153 cm³/mol. The molecule has 3 rings (SSSR count). The van der Waals surface area contributed by atoms with Crippen molar-refractivity contribution >= 4 is 57.0 Å². The normalized spacial score (nSPS) is 27.9. The Kier molecular flexibility index (Phi) is 11.7. The van der Waals surface area contributed by atoms with E-state index in [-0.39, 0.29) is 24.6 Å². The monoisotopic (exact) mass is 592 g/mol. The largest absolute Gasteiger partial charge is 0.353 e. The number of carbonyl (C=O) groups is 6. The summed E-state index contributed by atoms with van der Waals surface area (Å²) in [4.78, 5) is 79.1. The van der Waals surface area contributed by atoms with Gasteiger partial charge in [-0.25, -0.2) is 0 Å². The summed E-state index contributed by atoms with van der Waals surface area (Å²) in [5, 5.41) is 16.0. The van der Waals surface area contributed by atoms with Crippen molar-refractivity contribution in [1.82, 2.24) is 31.9 Å². The molecule has 2 fully saturated rings. The Morgan fingerprint density at radius 2 is 1.48 bits per heavy atom. The van der Waals surface area contributed by atoms with Crippen LogP contribution in [0.1, 0.15) is 32.8 Å². The topological polar surface area (TPSA) is 175 Å². The van der Waals surface area contributed by atoms with Crippen LogP contribution in [0.25, 0.3) is 0 Å². The summed E-state index contributed by atoms with van der Waals surface area (Å²) in [7, 11) is 2.72. The van der Waals surface area contributed by atoms with Gasteiger partial charge in [0.05, 0.1) is 6.42 Å². The lowest BCUT2D eigenvalue weighted by Crippen LogP contribution is -2.61. The Morgan fingerprint density at radius 3 is 2.17 bits per heavy atom. The summed E-state index contributed by atoms with van der Waals surface area (Å²) in [5.74, 6) is -3.30. The Morgan fingerprint density at radius 1 is 0.775 bits per heavy atom. The molecule has 2 aliphatic rings. The first-order valence-electron chi connectivity index (χ1n) is 13.1. The van der Waals surface area contributed by atoms with E-state index < -0.39 is 72.1 Å². The minimum atomic E-state index is -1.25. The van der Waals surface area contributed by atoms with Gasteiger partial charge < -0.3 is 31.9 Å². The Bertz CT molecular complexity index is 1100. The third-order valence-corrected chi connectivity index (χ3v) is 8.81. The van der Waals surface area contributed by atoms with Crippen molar-refractivity contribution in [2.24, 2.45) is 5.92 Å². The fourth-order valence-electron chi connectivity index (χ4n) is 4.13. The molecule has 6 N–H and O–H groups in total. The number of hydrogen-bond acceptors (Lipinski definition) is 8. The molecule has 0 aromatic heterocycles. The van der Waals surface area contributed by atoms with Crippen LogP contribution in [0.15, 0.2) is 30.3 Å². The lowest BCUT2D eigenvalue weighted by molar-refractivity contribution is -0.136. The van der Waals surface area contributed by atoms with E-state index in [4.69, 9.17) is 0 Å². The quantitative estimate of drug-likeness (QED) is 0.249. The van der Waals surface area contributed by atoms with E-state index in [2.05, 4.69) is 31.9 Å². The molecule has 218 valence electrons. The maximum atomic E-state index is 13.5. The molecule has 14 heteroatoms. The molecule has 1 aromatic carbocycles. The lowest BCUT2D eigenvalue weighted by atomic mass is 10.0. The summed E-state index contributed by atoms with van der Waals surface area (Å²) in [5.41, 5.74) is 0.760. The fraction of sp³-hybridized carbons (Fsp3) is 0.538. The van der Waals surface area contributed by atoms with Crippen molar-refractivity contribution in [2.45, 2.75) is 63.8 Å². The second kappa shape index (κ2) is 14.9. The highest BCUT2D eigenvalue weighted by Gasteiger charge is 2.34. The van der Waals surface area contributed by atoms with Gasteiger partial charge in [0.2, 0.25) is 35.4 Å². The first kappa shape index (κ1) is 31.3. The van der Waals surface area contributed by atoms with Crippen molar-refractivity contribution in [2.75, 3.05) is 18.1 Å². The molecule has 6 amide bonds. The maximum absolute atomic E-state index is 13.5. The summed E-state index contributed by atoms with van der Waals surface area (Å²) < 4.78 is 0. The SMILES string of the molecule is CC(C)[C@H]1NC(=O)C[C@@H]2NC(=O)[C@H](Cc3ccccc3)NC(=O)[C@H](C)NC(=O)[C@@H](CSSCCNC2=O)NC1=O. The first-order chi connectivity index (χ1) is 19.0. The van der Waals surface area contributed by atoms with Gasteiger partial charge >= 0.3 is 0 Å². The summed E-state index contributed by atoms with van der Waals surface area (Å²) >= 11 is 0. The number of rotatable bonds is 3. The molecule has 1 aromatic rings. The first-order valence-corrected chi connectivity index (χ1v) is 15.6. The van der Waals surface area contributed by atoms with Gasteiger partial charge in [-0.2, -0.15) is 0 Å². The molecular weight excluding hydrogens is 556 g/mol. The van der Waals surface area contributed by atoms with Gasteiger partial charge in [0.15, 0.2) is 0 Å². The van der Waals surface area contributed by atoms with Gasteiger partial charge in [-0.3, -0.25) is 28.8 Å². The fourth-order valence-corrected chi connectivity index (χ4v) is 6.20. The molecule has 5 atom stereocenters. The van der Waals surface area contributed by atoms with Gasteiger partial charge in [-0.05, 0) is 18.4 Å². The Labute approximate surface area is 241 Å². The maximum Gasteiger partial charge on any atom is 0.244 e. The van der Waals surface area contributed by atoms with Crippen LogP contribution >= 0.6 is 21.6 Å². The highest BCUT2D eigenvalue weighted by Crippen LogP contribution is 2.22. The van der Waals surface area contributed by atoms with Crippen LogP contribution in [0.2, 0.25) is 0 Å². The lowest BCUT2D eigenvalue weighted by Gasteiger charge is -2.28. The molecule has 12 nitrogen and oxygen atoms in total. The third-order valence-electron chi connectivity index (χ3n) is 6.39. The number of amides is 6. The highest BCUT2D eigenvalue weighted by atomic mass is 33.1. The van der Waals surface area contributed by atoms with E-state index in [9.17, 15) is 28.8 Å². The minimum absolute atomic E-state index is 0.112. The van der Waals surface area contributed by atoms with Crippen LogP contribution < -0.4 is 31.9 Å². The zero-order chi connectivity index (χ0) is 29.2. The van der Waals surface area contributed by atoms with Crippen molar-refractivity contribution in [3.8, 4) is 0 Å². The average molecular weight is 593 g/mol. The van der Waals surface area contributed by atoms with Crippen molar-refractivity contribution in [1.29, 1.82) is 0 Å². The van der Waals surface area contributed by atoms with E-state index in [1.165, 1.54) is 28.5 Å². The van der Waals surface area contributed by atoms with Crippen LogP contribution in [0.4, 0.5) is 0 Å². The summed E-state index contributed by atoms with van der Waals surface area (Å²) in [6, 6.07) is 3.64. The summed E-state index contributed by atoms with van der Waals surface area (Å²) in [6.07, 6.45) is -0.316. The zero-order valence-electron chi connectivity index (χ0n) is 22.7. The van der Waals surface area contributed by atoms with Crippen molar-refractivity contribution in [3.05, 3.63) is 35.9 Å². The molecule has 0 aliphatic carbocycles. The Hall–Kier alpha value is -3.26. The number of fused-ring (bicyclic) bond motifs is 7. The molecule has 40 heavy (non-hydrogen) atoms. The van der Waals surface area contributed by atoms with E-state index in [0.29, 0.717) is 5.75 Å². The predicted octanol–water partition coefficient (Wildman–Crippen LogP) is -0.756. The van der Waals surface area contributed by atoms with Crippen LogP contribution in [0.3, 0.4) is 0 Å². The van der Waals surface area contributed by atoms with Crippen LogP contribution in [-0.4, -0.2) is 83.7 Å². The van der Waals surface area contributed by atoms with Crippen LogP contribution in [0.5, 0.6) is 0 Å². The molecule has 2 bridgehead atoms. The van der Waals surface area contributed by atoms with Gasteiger partial charge in [0, 0.05) is 24.5 Å². The second-order valence-electron chi connectivity index (χ2n) is 9.99. The number of benzene rings is 1. The molecule has 0 unspecified atom stereocenters. The van der Waals surface area contributed by atoms with E-state index in [1.54, 1.807) is 38.1 Å². The molecule has 0 radical (unpaired) electrons. The molecule has 0 spiro atoms. The average Bonchev–Trinajstić information content (AvgIpc) is 2.91. The van der Waals surface area contributed by atoms with E-state index in [1.807, 2.05) is 6.07 Å². The molecule has 2 aliphatic heterocycles. The zero-order valence-corrected chi connectivity index (χ0v) is 24.3. The van der Waals surface area contributed by atoms with Gasteiger partial charge in [-0.15, -0.1) is 0 Å². The van der Waals surface area contributed by atoms with E-state index in [0.717, 1.165) is 5.56 Å². The summed E-state index contributed by atoms with van der Waals surface area (Å²) in [6.45, 7) is 5.21. The van der Waals surface area contributed by atoms with E-state index >= 15 is 0 Å². The van der Waals surface area contributed by atoms with Gasteiger partial charge in [-0.1, -0.05) is 65.8 Å². The Balaban J connectivity index is 2.02. The minimum Gasteiger partial charge on any atom is -0.353 e. The number of hydrogen-bond donors (Lipinski definition) is 6. The van der Waals surface area contributed by atoms with Crippen molar-refractivity contribution < 1.29 is 28.8 Å². The smallest absolute Gasteiger partial charge is 0.244 e. The molecule has 0 saturated carbocycles. The van der Waals surface area contributed by atoms with Crippen molar-refractivity contribution in [3.63, 3.8) is 0 Å². The van der Waals surface area contributed by atoms with Crippen LogP contribution in [0, 0.1) is 5.92 Å². The van der Waals surface area contributed by atoms with Gasteiger partial charge in [0.1, 0.15) is 30.2 Å². The highest BCUT2D eigenvalue weighted by molar-refractivity contribution is 8.76. The van der Waals surface area contributed by atoms with Gasteiger partial charge in [0.25, 0.3) is 0 Å². The number of carbonyl (C=O) groups excluding carboxylic acids is 6. The standard InChI is InChI=1S/C26H36N6O6S2/c1-14(2)21-26(38)31-19-13-40-39-10-9-27-23(35)18(12-20(33)32-21)30-24(36)17(11-16-7-5-4-6-8-16)29-22(34)15(3)28-25(19)37/h4-8,14-15,17-19,21H,9-13H2,1-3H3,(H,27,35)(H,28,37)(H,29,34)(H,30,36)(H,31,38)(H,32,33)/t15-,17-,18-,19+,21+/m0/s1. The number of nitrogens with one attached hydrogen (secondary N) is 6. The third kappa shape index (κ3) is 9.15. The molecule has 2 saturated heterocycles. The van der Waals surface area contributed by atoms with Crippen LogP contribution in [-0.2, 0) is 35.2 Å². The second-order valence-corrected chi connectivity index (χ2v) is 12.6. The molecule has 2 heterocycles. The molecular formula is C26H36N6O6S2.